The van der Waals surface area contributed by atoms with Crippen LogP contribution in [0.4, 0.5) is 4.39 Å². The van der Waals surface area contributed by atoms with Crippen LogP contribution in [0.2, 0.25) is 5.02 Å². The van der Waals surface area contributed by atoms with Crippen molar-refractivity contribution in [2.45, 2.75) is 12.8 Å². The highest BCUT2D eigenvalue weighted by atomic mass is 127. The maximum Gasteiger partial charge on any atom is 0.185 e. The van der Waals surface area contributed by atoms with Crippen LogP contribution < -0.4 is 0 Å². The fourth-order valence-electron chi connectivity index (χ4n) is 2.01. The molecule has 0 fully saturated rings. The van der Waals surface area contributed by atoms with Crippen molar-refractivity contribution in [3.63, 3.8) is 0 Å². The first kappa shape index (κ1) is 15.9. The van der Waals surface area contributed by atoms with Gasteiger partial charge in [0.1, 0.15) is 11.7 Å². The molecular formula is C16H10ClFINO. The van der Waals surface area contributed by atoms with Crippen molar-refractivity contribution in [1.82, 2.24) is 0 Å². The third-order valence-corrected chi connectivity index (χ3v) is 4.86. The number of benzene rings is 2. The van der Waals surface area contributed by atoms with Crippen molar-refractivity contribution < 1.29 is 9.18 Å². The Labute approximate surface area is 140 Å². The van der Waals surface area contributed by atoms with Gasteiger partial charge < -0.3 is 0 Å². The molecule has 0 N–H and O–H groups in total. The van der Waals surface area contributed by atoms with Crippen LogP contribution in [0.5, 0.6) is 0 Å². The van der Waals surface area contributed by atoms with Gasteiger partial charge in [0.25, 0.3) is 0 Å². The van der Waals surface area contributed by atoms with Gasteiger partial charge in [-0.1, -0.05) is 41.9 Å². The van der Waals surface area contributed by atoms with Crippen LogP contribution in [-0.4, -0.2) is 5.78 Å². The standard InChI is InChI=1S/C16H10ClFINO/c1-9-4-2-6-11(15(9)19)16(21)12(8-20)10-5-3-7-13(17)14(10)18/h2-7,12H,1H3. The molecule has 0 heterocycles. The molecule has 2 rings (SSSR count). The molecule has 1 atom stereocenters. The van der Waals surface area contributed by atoms with E-state index in [0.717, 1.165) is 9.13 Å². The zero-order chi connectivity index (χ0) is 15.6. The van der Waals surface area contributed by atoms with Crippen LogP contribution in [-0.2, 0) is 0 Å². The third kappa shape index (κ3) is 3.09. The Morgan fingerprint density at radius 1 is 1.33 bits per heavy atom. The van der Waals surface area contributed by atoms with Crippen molar-refractivity contribution in [1.29, 1.82) is 5.26 Å². The van der Waals surface area contributed by atoms with E-state index in [9.17, 15) is 14.4 Å². The summed E-state index contributed by atoms with van der Waals surface area (Å²) in [4.78, 5) is 12.6. The third-order valence-electron chi connectivity index (χ3n) is 3.14. The quantitative estimate of drug-likeness (QED) is 0.531. The topological polar surface area (TPSA) is 40.9 Å². The van der Waals surface area contributed by atoms with E-state index in [1.54, 1.807) is 12.1 Å². The number of ketones is 1. The number of Topliss-reactive ketones (excluding diaryl/α,β-unsaturated/α-hetero) is 1. The second-order valence-corrected chi connectivity index (χ2v) is 5.99. The molecule has 0 saturated carbocycles. The van der Waals surface area contributed by atoms with Crippen LogP contribution >= 0.6 is 34.2 Å². The van der Waals surface area contributed by atoms with E-state index in [0.29, 0.717) is 5.56 Å². The molecule has 0 spiro atoms. The number of hydrogen-bond acceptors (Lipinski definition) is 2. The summed E-state index contributed by atoms with van der Waals surface area (Å²) in [7, 11) is 0. The predicted octanol–water partition coefficient (Wildman–Crippen LogP) is 4.88. The van der Waals surface area contributed by atoms with Crippen LogP contribution in [0.3, 0.4) is 0 Å². The van der Waals surface area contributed by atoms with Gasteiger partial charge in [0, 0.05) is 14.7 Å². The maximum absolute atomic E-state index is 14.1. The summed E-state index contributed by atoms with van der Waals surface area (Å²) < 4.78 is 14.8. The number of aryl methyl sites for hydroxylation is 1. The summed E-state index contributed by atoms with van der Waals surface area (Å²) >= 11 is 7.78. The smallest absolute Gasteiger partial charge is 0.185 e. The van der Waals surface area contributed by atoms with E-state index in [2.05, 4.69) is 22.6 Å². The SMILES string of the molecule is Cc1cccc(C(=O)C(C#N)c2cccc(Cl)c2F)c1I. The van der Waals surface area contributed by atoms with Crippen LogP contribution in [0.15, 0.2) is 36.4 Å². The van der Waals surface area contributed by atoms with Crippen LogP contribution in [0, 0.1) is 27.6 Å². The molecular weight excluding hydrogens is 404 g/mol. The highest BCUT2D eigenvalue weighted by molar-refractivity contribution is 14.1. The monoisotopic (exact) mass is 413 g/mol. The lowest BCUT2D eigenvalue weighted by atomic mass is 9.91. The van der Waals surface area contributed by atoms with Gasteiger partial charge in [0.2, 0.25) is 0 Å². The molecule has 0 aliphatic rings. The summed E-state index contributed by atoms with van der Waals surface area (Å²) in [5.74, 6) is -2.35. The van der Waals surface area contributed by atoms with E-state index in [1.165, 1.54) is 18.2 Å². The molecule has 1 unspecified atom stereocenters. The molecule has 2 nitrogen and oxygen atoms in total. The van der Waals surface area contributed by atoms with Crippen LogP contribution in [0.25, 0.3) is 0 Å². The lowest BCUT2D eigenvalue weighted by Gasteiger charge is -2.12. The molecule has 5 heteroatoms. The minimum absolute atomic E-state index is 0.00676. The lowest BCUT2D eigenvalue weighted by molar-refractivity contribution is 0.0976. The summed E-state index contributed by atoms with van der Waals surface area (Å²) in [5, 5.41) is 9.21. The maximum atomic E-state index is 14.1. The summed E-state index contributed by atoms with van der Waals surface area (Å²) in [6, 6.07) is 11.5. The van der Waals surface area contributed by atoms with Crippen molar-refractivity contribution in [3.05, 3.63) is 67.5 Å². The largest absolute Gasteiger partial charge is 0.292 e. The molecule has 0 amide bonds. The first-order valence-corrected chi connectivity index (χ1v) is 7.56. The van der Waals surface area contributed by atoms with Crippen molar-refractivity contribution in [2.24, 2.45) is 0 Å². The minimum atomic E-state index is -1.21. The van der Waals surface area contributed by atoms with Gasteiger partial charge in [0.05, 0.1) is 11.1 Å². The highest BCUT2D eigenvalue weighted by Crippen LogP contribution is 2.29. The predicted molar refractivity (Wildman–Crippen MR) is 88.0 cm³/mol. The molecule has 2 aromatic carbocycles. The number of carbonyl (C=O) groups is 1. The highest BCUT2D eigenvalue weighted by Gasteiger charge is 2.27. The summed E-state index contributed by atoms with van der Waals surface area (Å²) in [6.07, 6.45) is 0. The number of nitrogens with zero attached hydrogens (tertiary/aromatic N) is 1. The number of rotatable bonds is 3. The van der Waals surface area contributed by atoms with E-state index in [1.807, 2.05) is 19.1 Å². The zero-order valence-corrected chi connectivity index (χ0v) is 13.9. The zero-order valence-electron chi connectivity index (χ0n) is 11.0. The lowest BCUT2D eigenvalue weighted by Crippen LogP contribution is -2.14. The van der Waals surface area contributed by atoms with E-state index >= 15 is 0 Å². The molecule has 0 saturated heterocycles. The number of halogens is 3. The van der Waals surface area contributed by atoms with E-state index in [4.69, 9.17) is 11.6 Å². The van der Waals surface area contributed by atoms with Crippen molar-refractivity contribution in [2.75, 3.05) is 0 Å². The van der Waals surface area contributed by atoms with Gasteiger partial charge in [-0.25, -0.2) is 4.39 Å². The Morgan fingerprint density at radius 2 is 2.00 bits per heavy atom. The second-order valence-electron chi connectivity index (χ2n) is 4.51. The average Bonchev–Trinajstić information content (AvgIpc) is 2.47. The van der Waals surface area contributed by atoms with Crippen molar-refractivity contribution >= 4 is 40.0 Å². The fourth-order valence-corrected chi connectivity index (χ4v) is 2.81. The number of hydrogen-bond donors (Lipinski definition) is 0. The Bertz CT molecular complexity index is 754. The fraction of sp³-hybridized carbons (Fsp3) is 0.125. The van der Waals surface area contributed by atoms with Crippen molar-refractivity contribution in [3.8, 4) is 6.07 Å². The Morgan fingerprint density at radius 3 is 2.67 bits per heavy atom. The van der Waals surface area contributed by atoms with Crippen LogP contribution in [0.1, 0.15) is 27.4 Å². The molecule has 0 aliphatic carbocycles. The molecule has 0 radical (unpaired) electrons. The average molecular weight is 414 g/mol. The van der Waals surface area contributed by atoms with E-state index < -0.39 is 17.5 Å². The van der Waals surface area contributed by atoms with Gasteiger partial charge in [-0.05, 0) is 41.1 Å². The molecule has 0 bridgehead atoms. The molecule has 2 aromatic rings. The van der Waals surface area contributed by atoms with E-state index in [-0.39, 0.29) is 10.6 Å². The molecule has 106 valence electrons. The van der Waals surface area contributed by atoms with Gasteiger partial charge in [0.15, 0.2) is 5.78 Å². The Balaban J connectivity index is 2.52. The molecule has 0 aromatic heterocycles. The molecule has 0 aliphatic heterocycles. The Hall–Kier alpha value is -1.45. The normalized spacial score (nSPS) is 11.8. The Kier molecular flexibility index (Phi) is 4.96. The number of nitriles is 1. The minimum Gasteiger partial charge on any atom is -0.292 e. The number of carbonyl (C=O) groups excluding carboxylic acids is 1. The molecule has 21 heavy (non-hydrogen) atoms. The first-order valence-electron chi connectivity index (χ1n) is 6.10. The summed E-state index contributed by atoms with van der Waals surface area (Å²) in [5.41, 5.74) is 1.36. The second kappa shape index (κ2) is 6.54. The van der Waals surface area contributed by atoms with Gasteiger partial charge >= 0.3 is 0 Å². The summed E-state index contributed by atoms with van der Waals surface area (Å²) in [6.45, 7) is 1.87. The first-order chi connectivity index (χ1) is 9.97. The van der Waals surface area contributed by atoms with Gasteiger partial charge in [-0.3, -0.25) is 4.79 Å². The van der Waals surface area contributed by atoms with Gasteiger partial charge in [-0.15, -0.1) is 0 Å². The van der Waals surface area contributed by atoms with Gasteiger partial charge in [-0.2, -0.15) is 5.26 Å².